The first-order valence-electron chi connectivity index (χ1n) is 9.20. The van der Waals surface area contributed by atoms with Crippen LogP contribution in [0, 0.1) is 21.7 Å². The molecule has 0 heterocycles. The molecule has 0 rings (SSSR count). The number of hydrogen-bond donors (Lipinski definition) is 0. The van der Waals surface area contributed by atoms with Crippen molar-refractivity contribution in [3.05, 3.63) is 0 Å². The van der Waals surface area contributed by atoms with Crippen LogP contribution in [-0.4, -0.2) is 34.1 Å². The second-order valence-electron chi connectivity index (χ2n) is 11.6. The SMILES string of the molecule is CC(C)(C)C(OS(=O)(=O)CS(=O)(=O)OC(C(C)(C)C)C(C)(C)C)C(C)(C)C. The quantitative estimate of drug-likeness (QED) is 0.576. The topological polar surface area (TPSA) is 86.7 Å². The van der Waals surface area contributed by atoms with Crippen LogP contribution >= 0.6 is 0 Å². The molecule has 0 aromatic heterocycles. The molecular formula is C19H40O6S2. The van der Waals surface area contributed by atoms with E-state index < -0.39 is 59.2 Å². The fraction of sp³-hybridized carbons (Fsp3) is 1.00. The average Bonchev–Trinajstić information content (AvgIpc) is 2.26. The lowest BCUT2D eigenvalue weighted by Crippen LogP contribution is -2.44. The minimum Gasteiger partial charge on any atom is -0.265 e. The van der Waals surface area contributed by atoms with Crippen LogP contribution in [0.25, 0.3) is 0 Å². The lowest BCUT2D eigenvalue weighted by Gasteiger charge is -2.40. The molecule has 27 heavy (non-hydrogen) atoms. The molecule has 0 fully saturated rings. The van der Waals surface area contributed by atoms with E-state index >= 15 is 0 Å². The van der Waals surface area contributed by atoms with Gasteiger partial charge in [0.25, 0.3) is 20.2 Å². The summed E-state index contributed by atoms with van der Waals surface area (Å²) >= 11 is 0. The minimum absolute atomic E-state index is 0.491. The maximum atomic E-state index is 12.5. The number of rotatable bonds is 6. The summed E-state index contributed by atoms with van der Waals surface area (Å²) in [5.74, 6) is 0. The van der Waals surface area contributed by atoms with Gasteiger partial charge in [-0.25, -0.2) is 0 Å². The molecule has 0 aromatic rings. The first-order valence-corrected chi connectivity index (χ1v) is 12.4. The van der Waals surface area contributed by atoms with E-state index in [4.69, 9.17) is 8.37 Å². The second kappa shape index (κ2) is 7.92. The minimum atomic E-state index is -4.35. The van der Waals surface area contributed by atoms with E-state index in [1.54, 1.807) is 0 Å². The third-order valence-electron chi connectivity index (χ3n) is 3.92. The molecule has 0 aliphatic heterocycles. The monoisotopic (exact) mass is 428 g/mol. The molecule has 0 spiro atoms. The Morgan fingerprint density at radius 2 is 0.704 bits per heavy atom. The van der Waals surface area contributed by atoms with Crippen LogP contribution in [0.2, 0.25) is 0 Å². The van der Waals surface area contributed by atoms with Crippen LogP contribution in [0.3, 0.4) is 0 Å². The fourth-order valence-corrected chi connectivity index (χ4v) is 7.30. The Bertz CT molecular complexity index is 603. The van der Waals surface area contributed by atoms with Crippen molar-refractivity contribution in [1.82, 2.24) is 0 Å². The van der Waals surface area contributed by atoms with Gasteiger partial charge in [0.15, 0.2) is 0 Å². The van der Waals surface area contributed by atoms with Crippen molar-refractivity contribution < 1.29 is 25.2 Å². The molecule has 8 heteroatoms. The van der Waals surface area contributed by atoms with Crippen LogP contribution in [0.15, 0.2) is 0 Å². The third kappa shape index (κ3) is 9.24. The predicted octanol–water partition coefficient (Wildman–Crippen LogP) is 4.56. The van der Waals surface area contributed by atoms with Gasteiger partial charge in [0.2, 0.25) is 5.08 Å². The van der Waals surface area contributed by atoms with E-state index in [-0.39, 0.29) is 0 Å². The molecule has 0 aliphatic carbocycles. The summed E-state index contributed by atoms with van der Waals surface area (Å²) in [4.78, 5) is 0. The highest BCUT2D eigenvalue weighted by Gasteiger charge is 2.43. The van der Waals surface area contributed by atoms with Crippen molar-refractivity contribution in [1.29, 1.82) is 0 Å². The standard InChI is InChI=1S/C19H40O6S2/c1-16(2,3)14(17(4,5)6)24-26(20,21)13-27(22,23)25-15(18(7,8)9)19(10,11)12/h14-15H,13H2,1-12H3. The molecule has 0 aromatic carbocycles. The van der Waals surface area contributed by atoms with Gasteiger partial charge in [-0.05, 0) is 21.7 Å². The zero-order valence-electron chi connectivity index (χ0n) is 19.1. The molecule has 6 nitrogen and oxygen atoms in total. The normalized spacial score (nSPS) is 15.6. The molecule has 0 N–H and O–H groups in total. The Balaban J connectivity index is 5.66. The van der Waals surface area contributed by atoms with Crippen LogP contribution in [-0.2, 0) is 28.6 Å². The molecule has 0 radical (unpaired) electrons. The summed E-state index contributed by atoms with van der Waals surface area (Å²) in [6.07, 6.45) is -1.38. The molecule has 0 aliphatic rings. The molecule has 164 valence electrons. The zero-order chi connectivity index (χ0) is 22.3. The van der Waals surface area contributed by atoms with Crippen molar-refractivity contribution in [3.8, 4) is 0 Å². The maximum absolute atomic E-state index is 12.5. The summed E-state index contributed by atoms with van der Waals surface area (Å²) in [5, 5.41) is -1.20. The molecule has 0 saturated carbocycles. The summed E-state index contributed by atoms with van der Waals surface area (Å²) < 4.78 is 60.9. The highest BCUT2D eigenvalue weighted by Crippen LogP contribution is 2.39. The molecule has 0 amide bonds. The molecule has 0 unspecified atom stereocenters. The van der Waals surface area contributed by atoms with Gasteiger partial charge in [0, 0.05) is 0 Å². The van der Waals surface area contributed by atoms with Crippen LogP contribution in [0.4, 0.5) is 0 Å². The summed E-state index contributed by atoms with van der Waals surface area (Å²) in [6, 6.07) is 0. The van der Waals surface area contributed by atoms with Crippen molar-refractivity contribution in [2.24, 2.45) is 21.7 Å². The van der Waals surface area contributed by atoms with Gasteiger partial charge in [-0.1, -0.05) is 83.1 Å². The van der Waals surface area contributed by atoms with Gasteiger partial charge in [-0.2, -0.15) is 16.8 Å². The molecular weight excluding hydrogens is 388 g/mol. The Morgan fingerprint density at radius 1 is 0.519 bits per heavy atom. The van der Waals surface area contributed by atoms with E-state index in [9.17, 15) is 16.8 Å². The highest BCUT2D eigenvalue weighted by molar-refractivity contribution is 8.03. The Labute approximate surface area is 167 Å². The van der Waals surface area contributed by atoms with E-state index in [0.29, 0.717) is 0 Å². The molecule has 0 bridgehead atoms. The van der Waals surface area contributed by atoms with E-state index in [0.717, 1.165) is 0 Å². The van der Waals surface area contributed by atoms with Gasteiger partial charge in [0.1, 0.15) is 0 Å². The molecule has 0 saturated heterocycles. The average molecular weight is 429 g/mol. The fourth-order valence-electron chi connectivity index (χ4n) is 3.70. The van der Waals surface area contributed by atoms with Crippen LogP contribution < -0.4 is 0 Å². The highest BCUT2D eigenvalue weighted by atomic mass is 32.3. The van der Waals surface area contributed by atoms with Crippen LogP contribution in [0.1, 0.15) is 83.1 Å². The summed E-state index contributed by atoms with van der Waals surface area (Å²) in [7, 11) is -8.71. The summed E-state index contributed by atoms with van der Waals surface area (Å²) in [6.45, 7) is 22.3. The van der Waals surface area contributed by atoms with E-state index in [1.165, 1.54) is 0 Å². The van der Waals surface area contributed by atoms with Gasteiger partial charge < -0.3 is 0 Å². The van der Waals surface area contributed by atoms with E-state index in [2.05, 4.69) is 0 Å². The Hall–Kier alpha value is -0.180. The van der Waals surface area contributed by atoms with Crippen molar-refractivity contribution in [3.63, 3.8) is 0 Å². The second-order valence-corrected chi connectivity index (χ2v) is 15.2. The zero-order valence-corrected chi connectivity index (χ0v) is 20.8. The largest absolute Gasteiger partial charge is 0.284 e. The van der Waals surface area contributed by atoms with E-state index in [1.807, 2.05) is 83.1 Å². The Morgan fingerprint density at radius 3 is 0.852 bits per heavy atom. The summed E-state index contributed by atoms with van der Waals surface area (Å²) in [5.41, 5.74) is -1.96. The maximum Gasteiger partial charge on any atom is 0.284 e. The van der Waals surface area contributed by atoms with Gasteiger partial charge in [-0.3, -0.25) is 8.37 Å². The lowest BCUT2D eigenvalue weighted by molar-refractivity contribution is 0.000565. The lowest BCUT2D eigenvalue weighted by atomic mass is 9.74. The van der Waals surface area contributed by atoms with Gasteiger partial charge in [-0.15, -0.1) is 0 Å². The molecule has 0 atom stereocenters. The predicted molar refractivity (Wildman–Crippen MR) is 110 cm³/mol. The van der Waals surface area contributed by atoms with Crippen molar-refractivity contribution >= 4 is 20.2 Å². The first-order chi connectivity index (χ1) is 11.4. The van der Waals surface area contributed by atoms with Crippen LogP contribution in [0.5, 0.6) is 0 Å². The van der Waals surface area contributed by atoms with Gasteiger partial charge >= 0.3 is 0 Å². The number of hydrogen-bond acceptors (Lipinski definition) is 6. The third-order valence-corrected chi connectivity index (χ3v) is 7.20. The van der Waals surface area contributed by atoms with Gasteiger partial charge in [0.05, 0.1) is 12.2 Å². The smallest absolute Gasteiger partial charge is 0.265 e. The van der Waals surface area contributed by atoms with Crippen molar-refractivity contribution in [2.75, 3.05) is 5.08 Å². The van der Waals surface area contributed by atoms with Crippen molar-refractivity contribution in [2.45, 2.75) is 95.3 Å². The Kier molecular flexibility index (Phi) is 7.87. The first kappa shape index (κ1) is 26.8.